The molecule has 0 amide bonds. The minimum absolute atomic E-state index is 0.155. The Hall–Kier alpha value is -1.71. The topological polar surface area (TPSA) is 12.0 Å². The second-order valence-corrected chi connectivity index (χ2v) is 5.47. The summed E-state index contributed by atoms with van der Waals surface area (Å²) in [5.41, 5.74) is 1.13. The highest BCUT2D eigenvalue weighted by atomic mass is 32.1. The maximum atomic E-state index is 13.7. The fourth-order valence-electron chi connectivity index (χ4n) is 2.21. The molecule has 0 unspecified atom stereocenters. The van der Waals surface area contributed by atoms with E-state index < -0.39 is 0 Å². The highest BCUT2D eigenvalue weighted by molar-refractivity contribution is 7.09. The van der Waals surface area contributed by atoms with E-state index in [0.29, 0.717) is 5.39 Å². The molecule has 3 rings (SSSR count). The van der Waals surface area contributed by atoms with Crippen LogP contribution in [0.25, 0.3) is 10.8 Å². The summed E-state index contributed by atoms with van der Waals surface area (Å²) in [4.78, 5) is 1.31. The monoisotopic (exact) mass is 271 g/mol. The third-order valence-electron chi connectivity index (χ3n) is 3.16. The van der Waals surface area contributed by atoms with Crippen LogP contribution in [-0.2, 0) is 13.1 Å². The molecule has 0 aliphatic carbocycles. The first-order valence-electron chi connectivity index (χ1n) is 6.24. The van der Waals surface area contributed by atoms with Crippen molar-refractivity contribution in [1.82, 2.24) is 5.32 Å². The van der Waals surface area contributed by atoms with Gasteiger partial charge in [-0.3, -0.25) is 0 Å². The molecule has 96 valence electrons. The van der Waals surface area contributed by atoms with Gasteiger partial charge in [0.15, 0.2) is 0 Å². The smallest absolute Gasteiger partial charge is 0.131 e. The van der Waals surface area contributed by atoms with Crippen molar-refractivity contribution < 1.29 is 4.39 Å². The van der Waals surface area contributed by atoms with E-state index in [0.717, 1.165) is 24.0 Å². The second-order valence-electron chi connectivity index (χ2n) is 4.44. The molecule has 0 aliphatic rings. The number of rotatable bonds is 4. The fraction of sp³-hybridized carbons (Fsp3) is 0.125. The van der Waals surface area contributed by atoms with Gasteiger partial charge >= 0.3 is 0 Å². The van der Waals surface area contributed by atoms with Crippen molar-refractivity contribution in [2.45, 2.75) is 13.1 Å². The van der Waals surface area contributed by atoms with Crippen molar-refractivity contribution in [2.75, 3.05) is 0 Å². The van der Waals surface area contributed by atoms with Gasteiger partial charge in [0.05, 0.1) is 0 Å². The first kappa shape index (κ1) is 12.3. The summed E-state index contributed by atoms with van der Waals surface area (Å²) in [6, 6.07) is 15.2. The van der Waals surface area contributed by atoms with Gasteiger partial charge in [0.1, 0.15) is 5.82 Å². The zero-order valence-electron chi connectivity index (χ0n) is 10.4. The third-order valence-corrected chi connectivity index (χ3v) is 4.03. The molecule has 0 spiro atoms. The summed E-state index contributed by atoms with van der Waals surface area (Å²) in [7, 11) is 0. The van der Waals surface area contributed by atoms with Crippen LogP contribution < -0.4 is 5.32 Å². The molecule has 0 saturated heterocycles. The van der Waals surface area contributed by atoms with Crippen molar-refractivity contribution in [3.05, 3.63) is 70.2 Å². The average Bonchev–Trinajstić information content (AvgIpc) is 2.95. The van der Waals surface area contributed by atoms with Crippen LogP contribution in [0.3, 0.4) is 0 Å². The Morgan fingerprint density at radius 3 is 2.53 bits per heavy atom. The summed E-state index contributed by atoms with van der Waals surface area (Å²) in [5, 5.41) is 7.16. The van der Waals surface area contributed by atoms with Crippen molar-refractivity contribution in [1.29, 1.82) is 0 Å². The van der Waals surface area contributed by atoms with Crippen LogP contribution in [0.2, 0.25) is 0 Å². The second kappa shape index (κ2) is 5.51. The van der Waals surface area contributed by atoms with Crippen LogP contribution in [-0.4, -0.2) is 0 Å². The van der Waals surface area contributed by atoms with Gasteiger partial charge in [-0.25, -0.2) is 4.39 Å². The number of fused-ring (bicyclic) bond motifs is 1. The minimum Gasteiger partial charge on any atom is -0.308 e. The van der Waals surface area contributed by atoms with Gasteiger partial charge in [0.2, 0.25) is 0 Å². The molecule has 19 heavy (non-hydrogen) atoms. The Labute approximate surface area is 115 Å². The van der Waals surface area contributed by atoms with Gasteiger partial charge in [-0.15, -0.1) is 11.3 Å². The Morgan fingerprint density at radius 1 is 0.895 bits per heavy atom. The number of benzene rings is 2. The third kappa shape index (κ3) is 2.67. The first-order valence-corrected chi connectivity index (χ1v) is 7.12. The van der Waals surface area contributed by atoms with Gasteiger partial charge in [0, 0.05) is 23.4 Å². The Balaban J connectivity index is 1.79. The van der Waals surface area contributed by atoms with E-state index in [2.05, 4.69) is 22.8 Å². The van der Waals surface area contributed by atoms with Crippen LogP contribution in [0.4, 0.5) is 4.39 Å². The van der Waals surface area contributed by atoms with E-state index >= 15 is 0 Å². The van der Waals surface area contributed by atoms with Gasteiger partial charge in [0.25, 0.3) is 0 Å². The molecular formula is C16H14FNS. The molecule has 0 aliphatic heterocycles. The lowest BCUT2D eigenvalue weighted by atomic mass is 10.0. The van der Waals surface area contributed by atoms with E-state index in [-0.39, 0.29) is 5.82 Å². The van der Waals surface area contributed by atoms with Crippen molar-refractivity contribution in [3.8, 4) is 0 Å². The highest BCUT2D eigenvalue weighted by Gasteiger charge is 2.04. The molecule has 0 radical (unpaired) electrons. The predicted molar refractivity (Wildman–Crippen MR) is 78.8 cm³/mol. The molecule has 3 heteroatoms. The molecule has 3 aromatic rings. The molecule has 1 N–H and O–H groups in total. The summed E-state index contributed by atoms with van der Waals surface area (Å²) in [6.45, 7) is 1.60. The first-order chi connectivity index (χ1) is 9.34. The number of nitrogens with one attached hydrogen (secondary N) is 1. The van der Waals surface area contributed by atoms with E-state index in [9.17, 15) is 4.39 Å². The molecule has 1 aromatic heterocycles. The number of hydrogen-bond donors (Lipinski definition) is 1. The maximum absolute atomic E-state index is 13.7. The molecule has 0 fully saturated rings. The zero-order chi connectivity index (χ0) is 13.1. The molecule has 0 atom stereocenters. The van der Waals surface area contributed by atoms with Crippen LogP contribution in [0.15, 0.2) is 53.9 Å². The molecule has 0 bridgehead atoms. The SMILES string of the molecule is Fc1ccc(CNCc2cccs2)c2ccccc12. The van der Waals surface area contributed by atoms with Gasteiger partial charge < -0.3 is 5.32 Å². The number of hydrogen-bond acceptors (Lipinski definition) is 2. The molecule has 0 saturated carbocycles. The Morgan fingerprint density at radius 2 is 1.74 bits per heavy atom. The maximum Gasteiger partial charge on any atom is 0.131 e. The lowest BCUT2D eigenvalue weighted by molar-refractivity contribution is 0.638. The summed E-state index contributed by atoms with van der Waals surface area (Å²) < 4.78 is 13.7. The summed E-state index contributed by atoms with van der Waals surface area (Å²) in [6.07, 6.45) is 0. The number of thiophene rings is 1. The molecule has 1 heterocycles. The van der Waals surface area contributed by atoms with Gasteiger partial charge in [-0.1, -0.05) is 36.4 Å². The normalized spacial score (nSPS) is 11.0. The van der Waals surface area contributed by atoms with Crippen molar-refractivity contribution >= 4 is 22.1 Å². The lowest BCUT2D eigenvalue weighted by Gasteiger charge is -2.08. The van der Waals surface area contributed by atoms with Gasteiger partial charge in [-0.05, 0) is 28.5 Å². The average molecular weight is 271 g/mol. The molecular weight excluding hydrogens is 257 g/mol. The quantitative estimate of drug-likeness (QED) is 0.744. The highest BCUT2D eigenvalue weighted by Crippen LogP contribution is 2.21. The summed E-state index contributed by atoms with van der Waals surface area (Å²) in [5.74, 6) is -0.155. The van der Waals surface area contributed by atoms with Crippen LogP contribution in [0, 0.1) is 5.82 Å². The van der Waals surface area contributed by atoms with E-state index in [1.807, 2.05) is 30.3 Å². The summed E-state index contributed by atoms with van der Waals surface area (Å²) >= 11 is 1.74. The predicted octanol–water partition coefficient (Wildman–Crippen LogP) is 4.33. The van der Waals surface area contributed by atoms with Crippen LogP contribution in [0.1, 0.15) is 10.4 Å². The minimum atomic E-state index is -0.155. The van der Waals surface area contributed by atoms with E-state index in [1.54, 1.807) is 17.4 Å². The Bertz CT molecular complexity index is 676. The van der Waals surface area contributed by atoms with Crippen LogP contribution in [0.5, 0.6) is 0 Å². The van der Waals surface area contributed by atoms with Crippen molar-refractivity contribution in [2.24, 2.45) is 0 Å². The molecule has 2 aromatic carbocycles. The largest absolute Gasteiger partial charge is 0.308 e. The van der Waals surface area contributed by atoms with E-state index in [4.69, 9.17) is 0 Å². The number of halogens is 1. The fourth-order valence-corrected chi connectivity index (χ4v) is 2.89. The van der Waals surface area contributed by atoms with Crippen LogP contribution >= 0.6 is 11.3 Å². The van der Waals surface area contributed by atoms with E-state index in [1.165, 1.54) is 4.88 Å². The Kier molecular flexibility index (Phi) is 3.58. The zero-order valence-corrected chi connectivity index (χ0v) is 11.2. The standard InChI is InChI=1S/C16H14FNS/c17-16-8-7-12(14-5-1-2-6-15(14)16)10-18-11-13-4-3-9-19-13/h1-9,18H,10-11H2. The lowest BCUT2D eigenvalue weighted by Crippen LogP contribution is -2.12. The molecule has 1 nitrogen and oxygen atoms in total. The van der Waals surface area contributed by atoms with Crippen molar-refractivity contribution in [3.63, 3.8) is 0 Å². The van der Waals surface area contributed by atoms with Gasteiger partial charge in [-0.2, -0.15) is 0 Å².